The minimum Gasteiger partial charge on any atom is -0.378 e. The first kappa shape index (κ1) is 22.6. The van der Waals surface area contributed by atoms with Crippen molar-refractivity contribution < 1.29 is 4.79 Å². The molecule has 3 aromatic carbocycles. The van der Waals surface area contributed by atoms with Gasteiger partial charge in [-0.25, -0.2) is 0 Å². The molecule has 0 radical (unpaired) electrons. The highest BCUT2D eigenvalue weighted by Crippen LogP contribution is 2.36. The van der Waals surface area contributed by atoms with Crippen LogP contribution in [0.4, 0.5) is 5.69 Å². The van der Waals surface area contributed by atoms with E-state index >= 15 is 0 Å². The van der Waals surface area contributed by atoms with Crippen LogP contribution in [0, 0.1) is 0 Å². The van der Waals surface area contributed by atoms with Crippen LogP contribution in [0.2, 0.25) is 0 Å². The van der Waals surface area contributed by atoms with E-state index in [0.29, 0.717) is 0 Å². The third-order valence-electron chi connectivity index (χ3n) is 5.78. The van der Waals surface area contributed by atoms with Gasteiger partial charge >= 0.3 is 0 Å². The lowest BCUT2D eigenvalue weighted by atomic mass is 9.85. The van der Waals surface area contributed by atoms with E-state index in [9.17, 15) is 4.79 Å². The van der Waals surface area contributed by atoms with Crippen LogP contribution in [0.15, 0.2) is 84.9 Å². The van der Waals surface area contributed by atoms with Crippen molar-refractivity contribution in [3.8, 4) is 0 Å². The molecule has 0 fully saturated rings. The zero-order valence-electron chi connectivity index (χ0n) is 19.2. The molecule has 0 saturated heterocycles. The summed E-state index contributed by atoms with van der Waals surface area (Å²) in [6.45, 7) is 10.5. The van der Waals surface area contributed by atoms with Crippen molar-refractivity contribution in [2.75, 3.05) is 5.32 Å². The molecular weight excluding hydrogens is 380 g/mol. The van der Waals surface area contributed by atoms with Crippen LogP contribution in [-0.4, -0.2) is 22.9 Å². The van der Waals surface area contributed by atoms with Gasteiger partial charge in [0.15, 0.2) is 0 Å². The average Bonchev–Trinajstić information content (AvgIpc) is 2.78. The fraction of sp³-hybridized carbons (Fsp3) is 0.321. The normalized spacial score (nSPS) is 13.1. The molecule has 1 amide bonds. The first-order chi connectivity index (χ1) is 14.9. The monoisotopic (exact) mass is 414 g/mol. The topological polar surface area (TPSA) is 32.3 Å². The molecule has 0 aromatic heterocycles. The maximum atomic E-state index is 13.6. The maximum Gasteiger partial charge on any atom is 0.254 e. The highest BCUT2D eigenvalue weighted by atomic mass is 16.2. The van der Waals surface area contributed by atoms with E-state index in [4.69, 9.17) is 0 Å². The highest BCUT2D eigenvalue weighted by molar-refractivity contribution is 5.96. The third kappa shape index (κ3) is 5.35. The molecular formula is C28H34N2O. The number of hydrogen-bond donors (Lipinski definition) is 1. The van der Waals surface area contributed by atoms with Gasteiger partial charge in [-0.3, -0.25) is 4.79 Å². The summed E-state index contributed by atoms with van der Waals surface area (Å²) in [6.07, 6.45) is 0. The molecule has 0 unspecified atom stereocenters. The molecule has 162 valence electrons. The number of carbonyl (C=O) groups excluding carboxylic acids is 1. The number of nitrogens with zero attached hydrogens (tertiary/aromatic N) is 1. The summed E-state index contributed by atoms with van der Waals surface area (Å²) in [4.78, 5) is 15.5. The van der Waals surface area contributed by atoms with Gasteiger partial charge in [-0.2, -0.15) is 0 Å². The molecule has 2 atom stereocenters. The Morgan fingerprint density at radius 2 is 1.23 bits per heavy atom. The van der Waals surface area contributed by atoms with Crippen LogP contribution < -0.4 is 5.32 Å². The van der Waals surface area contributed by atoms with Crippen molar-refractivity contribution in [1.82, 2.24) is 4.90 Å². The summed E-state index contributed by atoms with van der Waals surface area (Å²) >= 11 is 0. The molecule has 31 heavy (non-hydrogen) atoms. The van der Waals surface area contributed by atoms with Gasteiger partial charge in [0.1, 0.15) is 0 Å². The molecule has 0 aliphatic rings. The summed E-state index contributed by atoms with van der Waals surface area (Å²) in [7, 11) is 0. The van der Waals surface area contributed by atoms with Crippen LogP contribution in [0.1, 0.15) is 68.1 Å². The van der Waals surface area contributed by atoms with Crippen molar-refractivity contribution in [3.05, 3.63) is 102 Å². The van der Waals surface area contributed by atoms with E-state index in [2.05, 4.69) is 82.4 Å². The number of para-hydroxylation sites is 1. The fourth-order valence-electron chi connectivity index (χ4n) is 4.34. The number of rotatable bonds is 8. The lowest BCUT2D eigenvalue weighted by Gasteiger charge is -2.33. The molecule has 0 bridgehead atoms. The number of hydrogen-bond acceptors (Lipinski definition) is 2. The van der Waals surface area contributed by atoms with Crippen molar-refractivity contribution >= 4 is 11.6 Å². The minimum atomic E-state index is 0.0316. The Balaban J connectivity index is 2.02. The zero-order valence-corrected chi connectivity index (χ0v) is 19.2. The van der Waals surface area contributed by atoms with Crippen LogP contribution in [0.25, 0.3) is 0 Å². The lowest BCUT2D eigenvalue weighted by Crippen LogP contribution is -2.42. The first-order valence-electron chi connectivity index (χ1n) is 11.2. The fourth-order valence-corrected chi connectivity index (χ4v) is 4.34. The second-order valence-electron chi connectivity index (χ2n) is 8.67. The van der Waals surface area contributed by atoms with Gasteiger partial charge < -0.3 is 10.2 Å². The molecule has 3 aromatic rings. The van der Waals surface area contributed by atoms with Crippen molar-refractivity contribution in [1.29, 1.82) is 0 Å². The Bertz CT molecular complexity index is 959. The van der Waals surface area contributed by atoms with Crippen LogP contribution in [0.5, 0.6) is 0 Å². The zero-order chi connectivity index (χ0) is 22.4. The standard InChI is InChI=1S/C28H34N2O/c1-20(2)30(21(3)4)28(31)26-19-13-12-18-25(26)22(5)27(23-14-8-6-9-15-23)29-24-16-10-7-11-17-24/h6-22,27,29H,1-5H3/t22-,27-/m1/s1. The minimum absolute atomic E-state index is 0.0316. The second kappa shape index (κ2) is 10.3. The summed E-state index contributed by atoms with van der Waals surface area (Å²) in [6, 6.07) is 29.1. The van der Waals surface area contributed by atoms with Crippen molar-refractivity contribution in [3.63, 3.8) is 0 Å². The van der Waals surface area contributed by atoms with Crippen molar-refractivity contribution in [2.24, 2.45) is 0 Å². The maximum absolute atomic E-state index is 13.6. The SMILES string of the molecule is CC(C)N(C(=O)c1ccccc1[C@@H](C)[C@@H](Nc1ccccc1)c1ccccc1)C(C)C. The Morgan fingerprint density at radius 1 is 0.710 bits per heavy atom. The number of carbonyl (C=O) groups is 1. The summed E-state index contributed by atoms with van der Waals surface area (Å²) in [5, 5.41) is 3.71. The third-order valence-corrected chi connectivity index (χ3v) is 5.78. The van der Waals surface area contributed by atoms with E-state index in [1.54, 1.807) is 0 Å². The largest absolute Gasteiger partial charge is 0.378 e. The van der Waals surface area contributed by atoms with Gasteiger partial charge in [-0.05, 0) is 57.0 Å². The van der Waals surface area contributed by atoms with Gasteiger partial charge in [0.25, 0.3) is 5.91 Å². The van der Waals surface area contributed by atoms with E-state index in [0.717, 1.165) is 16.8 Å². The van der Waals surface area contributed by atoms with Gasteiger partial charge in [0, 0.05) is 29.3 Å². The van der Waals surface area contributed by atoms with Crippen molar-refractivity contribution in [2.45, 2.75) is 58.7 Å². The molecule has 3 rings (SSSR count). The Hall–Kier alpha value is -3.07. The smallest absolute Gasteiger partial charge is 0.254 e. The van der Waals surface area contributed by atoms with Crippen LogP contribution in [-0.2, 0) is 0 Å². The van der Waals surface area contributed by atoms with Gasteiger partial charge in [-0.15, -0.1) is 0 Å². The van der Waals surface area contributed by atoms with Crippen LogP contribution in [0.3, 0.4) is 0 Å². The summed E-state index contributed by atoms with van der Waals surface area (Å²) in [5.41, 5.74) is 4.12. The molecule has 0 aliphatic carbocycles. The molecule has 0 heterocycles. The predicted molar refractivity (Wildman–Crippen MR) is 131 cm³/mol. The predicted octanol–water partition coefficient (Wildman–Crippen LogP) is 6.90. The Labute approximate surface area is 187 Å². The molecule has 0 spiro atoms. The number of nitrogens with one attached hydrogen (secondary N) is 1. The Kier molecular flexibility index (Phi) is 7.51. The summed E-state index contributed by atoms with van der Waals surface area (Å²) < 4.78 is 0. The summed E-state index contributed by atoms with van der Waals surface area (Å²) in [5.74, 6) is 0.183. The molecule has 0 saturated carbocycles. The quantitative estimate of drug-likeness (QED) is 0.435. The number of anilines is 1. The van der Waals surface area contributed by atoms with Gasteiger partial charge in [-0.1, -0.05) is 73.7 Å². The molecule has 3 heteroatoms. The molecule has 1 N–H and O–H groups in total. The van der Waals surface area contributed by atoms with E-state index in [-0.39, 0.29) is 30.0 Å². The lowest BCUT2D eigenvalue weighted by molar-refractivity contribution is 0.0642. The number of amides is 1. The van der Waals surface area contributed by atoms with E-state index in [1.165, 1.54) is 5.56 Å². The molecule has 3 nitrogen and oxygen atoms in total. The molecule has 0 aliphatic heterocycles. The first-order valence-corrected chi connectivity index (χ1v) is 11.2. The van der Waals surface area contributed by atoms with Gasteiger partial charge in [0.2, 0.25) is 0 Å². The highest BCUT2D eigenvalue weighted by Gasteiger charge is 2.28. The van der Waals surface area contributed by atoms with Gasteiger partial charge in [0.05, 0.1) is 6.04 Å². The van der Waals surface area contributed by atoms with E-state index in [1.807, 2.05) is 47.4 Å². The van der Waals surface area contributed by atoms with Crippen LogP contribution >= 0.6 is 0 Å². The number of benzene rings is 3. The van der Waals surface area contributed by atoms with E-state index < -0.39 is 0 Å². The average molecular weight is 415 g/mol. The Morgan fingerprint density at radius 3 is 1.81 bits per heavy atom. The second-order valence-corrected chi connectivity index (χ2v) is 8.67.